The minimum Gasteiger partial charge on any atom is -0.296 e. The molecule has 152 valence electrons. The van der Waals surface area contributed by atoms with E-state index < -0.39 is 0 Å². The molecule has 0 bridgehead atoms. The molecular weight excluding hydrogens is 414 g/mol. The highest BCUT2D eigenvalue weighted by Gasteiger charge is 2.19. The summed E-state index contributed by atoms with van der Waals surface area (Å²) in [5, 5.41) is 16.1. The van der Waals surface area contributed by atoms with E-state index in [1.807, 2.05) is 61.0 Å². The van der Waals surface area contributed by atoms with Gasteiger partial charge >= 0.3 is 0 Å². The molecule has 0 saturated heterocycles. The Balaban J connectivity index is 1.45. The molecule has 30 heavy (non-hydrogen) atoms. The molecule has 0 saturated carbocycles. The third-order valence-electron chi connectivity index (χ3n) is 4.56. The largest absolute Gasteiger partial charge is 0.296 e. The van der Waals surface area contributed by atoms with Crippen LogP contribution < -0.4 is 5.32 Å². The lowest BCUT2D eigenvalue weighted by atomic mass is 10.2. The molecule has 8 heteroatoms. The maximum Gasteiger partial charge on any atom is 0.260 e. The monoisotopic (exact) mass is 435 g/mol. The predicted molar refractivity (Wildman–Crippen MR) is 122 cm³/mol. The molecular formula is C22H21N5OS2. The van der Waals surface area contributed by atoms with Crippen LogP contribution in [-0.2, 0) is 12.2 Å². The summed E-state index contributed by atoms with van der Waals surface area (Å²) in [6.07, 6.45) is 2.30. The number of anilines is 1. The van der Waals surface area contributed by atoms with E-state index in [1.165, 1.54) is 22.5 Å². The van der Waals surface area contributed by atoms with Gasteiger partial charge in [0.1, 0.15) is 0 Å². The Morgan fingerprint density at radius 3 is 2.60 bits per heavy atom. The number of nitrogens with zero attached hydrogens (tertiary/aromatic N) is 4. The van der Waals surface area contributed by atoms with Gasteiger partial charge in [-0.05, 0) is 31.0 Å². The van der Waals surface area contributed by atoms with Crippen LogP contribution >= 0.6 is 23.1 Å². The predicted octanol–water partition coefficient (Wildman–Crippen LogP) is 5.14. The molecule has 0 aliphatic rings. The number of aromatic nitrogens is 4. The van der Waals surface area contributed by atoms with Crippen molar-refractivity contribution in [3.05, 3.63) is 83.2 Å². The first-order chi connectivity index (χ1) is 14.6. The van der Waals surface area contributed by atoms with Gasteiger partial charge in [-0.15, -0.1) is 10.2 Å². The molecule has 4 rings (SSSR count). The van der Waals surface area contributed by atoms with Gasteiger partial charge in [0, 0.05) is 5.75 Å². The zero-order chi connectivity index (χ0) is 20.9. The van der Waals surface area contributed by atoms with Gasteiger partial charge in [0.05, 0.1) is 23.1 Å². The van der Waals surface area contributed by atoms with Crippen molar-refractivity contribution in [1.29, 1.82) is 0 Å². The lowest BCUT2D eigenvalue weighted by molar-refractivity contribution is 0.102. The standard InChI is InChI=1S/C22H21N5OS2/c1-3-19-18(13-23-27(19)17-11-9-15(2)10-12-17)20(28)24-21-25-26-22(30-21)29-14-16-7-5-4-6-8-16/h4-13H,3,14H2,1-2H3,(H,24,25,28). The van der Waals surface area contributed by atoms with Crippen LogP contribution in [0.2, 0.25) is 0 Å². The van der Waals surface area contributed by atoms with Crippen molar-refractivity contribution in [2.45, 2.75) is 30.4 Å². The van der Waals surface area contributed by atoms with Crippen LogP contribution in [0.1, 0.15) is 34.1 Å². The normalized spacial score (nSPS) is 10.9. The number of benzene rings is 2. The summed E-state index contributed by atoms with van der Waals surface area (Å²) in [5.41, 5.74) is 4.75. The SMILES string of the molecule is CCc1c(C(=O)Nc2nnc(SCc3ccccc3)s2)cnn1-c1ccc(C)cc1. The number of rotatable bonds is 7. The maximum absolute atomic E-state index is 12.8. The third-order valence-corrected chi connectivity index (χ3v) is 6.60. The Morgan fingerprint density at radius 1 is 1.10 bits per heavy atom. The molecule has 2 heterocycles. The molecule has 0 spiro atoms. The van der Waals surface area contributed by atoms with Gasteiger partial charge in [0.2, 0.25) is 5.13 Å². The Morgan fingerprint density at radius 2 is 1.87 bits per heavy atom. The van der Waals surface area contributed by atoms with Gasteiger partial charge in [0.15, 0.2) is 4.34 Å². The highest BCUT2D eigenvalue weighted by atomic mass is 32.2. The zero-order valence-electron chi connectivity index (χ0n) is 16.7. The van der Waals surface area contributed by atoms with E-state index in [1.54, 1.807) is 18.0 Å². The van der Waals surface area contributed by atoms with Crippen LogP contribution in [0, 0.1) is 6.92 Å². The first kappa shape index (κ1) is 20.3. The first-order valence-electron chi connectivity index (χ1n) is 9.59. The minimum atomic E-state index is -0.221. The minimum absolute atomic E-state index is 0.221. The van der Waals surface area contributed by atoms with E-state index in [-0.39, 0.29) is 5.91 Å². The highest BCUT2D eigenvalue weighted by Crippen LogP contribution is 2.28. The summed E-state index contributed by atoms with van der Waals surface area (Å²) in [4.78, 5) is 12.8. The van der Waals surface area contributed by atoms with Crippen LogP contribution in [0.5, 0.6) is 0 Å². The summed E-state index contributed by atoms with van der Waals surface area (Å²) >= 11 is 2.98. The molecule has 6 nitrogen and oxygen atoms in total. The molecule has 0 unspecified atom stereocenters. The molecule has 0 radical (unpaired) electrons. The van der Waals surface area contributed by atoms with E-state index in [4.69, 9.17) is 0 Å². The van der Waals surface area contributed by atoms with E-state index in [0.717, 1.165) is 21.5 Å². The van der Waals surface area contributed by atoms with Crippen LogP contribution in [0.3, 0.4) is 0 Å². The quantitative estimate of drug-likeness (QED) is 0.321. The van der Waals surface area contributed by atoms with Gasteiger partial charge in [-0.1, -0.05) is 78.1 Å². The van der Waals surface area contributed by atoms with Crippen molar-refractivity contribution in [3.8, 4) is 5.69 Å². The zero-order valence-corrected chi connectivity index (χ0v) is 18.3. The fraction of sp³-hybridized carbons (Fsp3) is 0.182. The van der Waals surface area contributed by atoms with Gasteiger partial charge < -0.3 is 0 Å². The van der Waals surface area contributed by atoms with Crippen LogP contribution in [0.25, 0.3) is 5.69 Å². The van der Waals surface area contributed by atoms with E-state index in [9.17, 15) is 4.79 Å². The van der Waals surface area contributed by atoms with E-state index in [0.29, 0.717) is 17.1 Å². The number of carbonyl (C=O) groups is 1. The van der Waals surface area contributed by atoms with Crippen LogP contribution in [-0.4, -0.2) is 25.9 Å². The van der Waals surface area contributed by atoms with Crippen molar-refractivity contribution >= 4 is 34.1 Å². The summed E-state index contributed by atoms with van der Waals surface area (Å²) < 4.78 is 2.63. The maximum atomic E-state index is 12.8. The number of aryl methyl sites for hydroxylation is 1. The van der Waals surface area contributed by atoms with Gasteiger partial charge in [-0.25, -0.2) is 4.68 Å². The second kappa shape index (κ2) is 9.23. The van der Waals surface area contributed by atoms with Crippen molar-refractivity contribution in [3.63, 3.8) is 0 Å². The van der Waals surface area contributed by atoms with Crippen molar-refractivity contribution < 1.29 is 4.79 Å². The average molecular weight is 436 g/mol. The van der Waals surface area contributed by atoms with Gasteiger partial charge in [-0.2, -0.15) is 5.10 Å². The molecule has 2 aromatic heterocycles. The number of carbonyl (C=O) groups excluding carboxylic acids is 1. The molecule has 1 amide bonds. The number of thioether (sulfide) groups is 1. The van der Waals surface area contributed by atoms with E-state index >= 15 is 0 Å². The number of amides is 1. The molecule has 2 aromatic carbocycles. The lowest BCUT2D eigenvalue weighted by Crippen LogP contribution is -2.14. The summed E-state index contributed by atoms with van der Waals surface area (Å²) in [5.74, 6) is 0.591. The summed E-state index contributed by atoms with van der Waals surface area (Å²) in [7, 11) is 0. The van der Waals surface area contributed by atoms with Crippen molar-refractivity contribution in [2.24, 2.45) is 0 Å². The Hall–Kier alpha value is -2.97. The Kier molecular flexibility index (Phi) is 6.25. The van der Waals surface area contributed by atoms with Crippen LogP contribution in [0.4, 0.5) is 5.13 Å². The first-order valence-corrected chi connectivity index (χ1v) is 11.4. The van der Waals surface area contributed by atoms with Crippen LogP contribution in [0.15, 0.2) is 65.1 Å². The van der Waals surface area contributed by atoms with Crippen molar-refractivity contribution in [2.75, 3.05) is 5.32 Å². The molecule has 1 N–H and O–H groups in total. The van der Waals surface area contributed by atoms with E-state index in [2.05, 4.69) is 32.7 Å². The fourth-order valence-corrected chi connectivity index (χ4v) is 4.72. The van der Waals surface area contributed by atoms with Gasteiger partial charge in [-0.3, -0.25) is 10.1 Å². The average Bonchev–Trinajstić information content (AvgIpc) is 3.40. The molecule has 0 atom stereocenters. The molecule has 4 aromatic rings. The fourth-order valence-electron chi connectivity index (χ4n) is 3.01. The Labute approximate surface area is 183 Å². The highest BCUT2D eigenvalue weighted by molar-refractivity contribution is 8.00. The lowest BCUT2D eigenvalue weighted by Gasteiger charge is -2.08. The van der Waals surface area contributed by atoms with Gasteiger partial charge in [0.25, 0.3) is 5.91 Å². The third kappa shape index (κ3) is 4.60. The smallest absolute Gasteiger partial charge is 0.260 e. The Bertz CT molecular complexity index is 1140. The second-order valence-corrected chi connectivity index (χ2v) is 8.91. The second-order valence-electron chi connectivity index (χ2n) is 6.71. The molecule has 0 aliphatic carbocycles. The number of nitrogens with one attached hydrogen (secondary N) is 1. The topological polar surface area (TPSA) is 72.7 Å². The molecule has 0 aliphatic heterocycles. The van der Waals surface area contributed by atoms with Crippen molar-refractivity contribution in [1.82, 2.24) is 20.0 Å². The molecule has 0 fully saturated rings. The summed E-state index contributed by atoms with van der Waals surface area (Å²) in [6.45, 7) is 4.06. The summed E-state index contributed by atoms with van der Waals surface area (Å²) in [6, 6.07) is 18.3. The number of hydrogen-bond acceptors (Lipinski definition) is 6. The number of hydrogen-bond donors (Lipinski definition) is 1.